The maximum absolute atomic E-state index is 14.7. The van der Waals surface area contributed by atoms with E-state index in [1.807, 2.05) is 0 Å². The molecule has 2 N–H and O–H groups in total. The van der Waals surface area contributed by atoms with Gasteiger partial charge in [0.2, 0.25) is 0 Å². The van der Waals surface area contributed by atoms with Crippen molar-refractivity contribution in [3.05, 3.63) is 119 Å². The highest BCUT2D eigenvalue weighted by molar-refractivity contribution is 6.33. The third-order valence-corrected chi connectivity index (χ3v) is 7.40. The van der Waals surface area contributed by atoms with Crippen molar-refractivity contribution in [2.45, 2.75) is 12.4 Å². The Balaban J connectivity index is 1.58. The van der Waals surface area contributed by atoms with Crippen LogP contribution in [-0.4, -0.2) is 56.0 Å². The average molecular weight is 607 g/mol. The molecule has 8 nitrogen and oxygen atoms in total. The van der Waals surface area contributed by atoms with Gasteiger partial charge in [0.25, 0.3) is 0 Å². The van der Waals surface area contributed by atoms with E-state index in [2.05, 4.69) is 30.3 Å². The highest BCUT2D eigenvalue weighted by Gasteiger charge is 2.42. The van der Waals surface area contributed by atoms with Gasteiger partial charge in [0.15, 0.2) is 0 Å². The first kappa shape index (κ1) is 27.4. The lowest BCUT2D eigenvalue weighted by atomic mass is 10.1. The summed E-state index contributed by atoms with van der Waals surface area (Å²) in [6.07, 6.45) is 4.43. The molecule has 0 radical (unpaired) electrons. The molecule has 14 heteroatoms. The number of nitrogens with one attached hydrogen (secondary N) is 2. The van der Waals surface area contributed by atoms with Crippen LogP contribution in [0.25, 0.3) is 16.7 Å². The average Bonchev–Trinajstić information content (AvgIpc) is 3.76. The van der Waals surface area contributed by atoms with Crippen molar-refractivity contribution >= 4 is 33.9 Å². The van der Waals surface area contributed by atoms with Crippen molar-refractivity contribution in [1.82, 2.24) is 24.8 Å². The van der Waals surface area contributed by atoms with E-state index in [1.54, 1.807) is 42.2 Å². The molecule has 0 saturated carbocycles. The van der Waals surface area contributed by atoms with Gasteiger partial charge in [0.1, 0.15) is 22.8 Å². The van der Waals surface area contributed by atoms with Crippen LogP contribution in [-0.2, 0) is 7.05 Å². The van der Waals surface area contributed by atoms with Crippen molar-refractivity contribution in [3.63, 3.8) is 0 Å². The van der Waals surface area contributed by atoms with E-state index in [9.17, 15) is 26.3 Å². The number of hydrogen-bond acceptors (Lipinski definition) is 6. The maximum atomic E-state index is 14.7. The molecular weight excluding hydrogens is 586 g/mol. The van der Waals surface area contributed by atoms with Crippen LogP contribution in [0.15, 0.2) is 117 Å². The lowest BCUT2D eigenvalue weighted by molar-refractivity contribution is -0.0866. The van der Waals surface area contributed by atoms with Gasteiger partial charge >= 0.3 is 12.4 Å². The minimum atomic E-state index is -4.84. The van der Waals surface area contributed by atoms with Crippen molar-refractivity contribution in [3.8, 4) is 0 Å². The number of aliphatic imine (C=N–C) groups is 3. The molecule has 5 aliphatic heterocycles. The summed E-state index contributed by atoms with van der Waals surface area (Å²) in [7, 11) is 3.34. The van der Waals surface area contributed by atoms with Crippen LogP contribution in [0.5, 0.6) is 0 Å². The molecule has 0 aromatic carbocycles. The Labute approximate surface area is 245 Å². The second-order valence-corrected chi connectivity index (χ2v) is 10.2. The number of hydrogen-bond donors (Lipinski definition) is 2. The number of nitrogens with zero attached hydrogens (tertiary/aromatic N) is 6. The lowest BCUT2D eigenvalue weighted by Gasteiger charge is -2.17. The second-order valence-electron chi connectivity index (χ2n) is 10.2. The minimum Gasteiger partial charge on any atom is -0.354 e. The van der Waals surface area contributed by atoms with Crippen LogP contribution in [0.1, 0.15) is 17.2 Å². The summed E-state index contributed by atoms with van der Waals surface area (Å²) in [6, 6.07) is 2.69. The van der Waals surface area contributed by atoms with Crippen LogP contribution in [0.2, 0.25) is 0 Å². The van der Waals surface area contributed by atoms with Gasteiger partial charge in [0.05, 0.1) is 56.8 Å². The zero-order valence-corrected chi connectivity index (χ0v) is 22.9. The molecule has 5 aliphatic rings. The first-order valence-electron chi connectivity index (χ1n) is 13.2. The van der Waals surface area contributed by atoms with Crippen molar-refractivity contribution in [2.24, 2.45) is 22.0 Å². The number of fused-ring (bicyclic) bond motifs is 5. The first-order valence-corrected chi connectivity index (χ1v) is 13.2. The Morgan fingerprint density at radius 2 is 1.27 bits per heavy atom. The highest BCUT2D eigenvalue weighted by atomic mass is 19.4. The predicted molar refractivity (Wildman–Crippen MR) is 154 cm³/mol. The van der Waals surface area contributed by atoms with E-state index in [0.29, 0.717) is 5.82 Å². The summed E-state index contributed by atoms with van der Waals surface area (Å²) in [6.45, 7) is 0. The molecule has 2 aromatic rings. The van der Waals surface area contributed by atoms with E-state index < -0.39 is 34.9 Å². The van der Waals surface area contributed by atoms with Gasteiger partial charge < -0.3 is 19.8 Å². The molecule has 7 heterocycles. The molecule has 8 bridgehead atoms. The van der Waals surface area contributed by atoms with Crippen LogP contribution < -0.4 is 5.32 Å². The highest BCUT2D eigenvalue weighted by Crippen LogP contribution is 2.42. The molecule has 0 fully saturated rings. The molecule has 7 rings (SSSR count). The Bertz CT molecular complexity index is 1980. The van der Waals surface area contributed by atoms with Gasteiger partial charge in [-0.3, -0.25) is 0 Å². The quantitative estimate of drug-likeness (QED) is 0.393. The van der Waals surface area contributed by atoms with Gasteiger partial charge in [-0.1, -0.05) is 0 Å². The van der Waals surface area contributed by atoms with E-state index in [0.717, 1.165) is 0 Å². The van der Waals surface area contributed by atoms with Gasteiger partial charge in [-0.15, -0.1) is 0 Å². The topological polar surface area (TPSA) is 86.0 Å². The number of alkyl halides is 6. The van der Waals surface area contributed by atoms with E-state index in [-0.39, 0.29) is 51.2 Å². The maximum Gasteiger partial charge on any atom is 0.420 e. The molecular formula is C30H20F6N8. The fourth-order valence-electron chi connectivity index (χ4n) is 5.47. The van der Waals surface area contributed by atoms with Gasteiger partial charge in [-0.25, -0.2) is 20.0 Å². The minimum absolute atomic E-state index is 0.0564. The fourth-order valence-corrected chi connectivity index (χ4v) is 5.47. The summed E-state index contributed by atoms with van der Waals surface area (Å²) in [4.78, 5) is 21.8. The van der Waals surface area contributed by atoms with Crippen LogP contribution in [0.4, 0.5) is 26.3 Å². The normalized spacial score (nSPS) is 21.3. The molecule has 0 saturated heterocycles. The monoisotopic (exact) mass is 606 g/mol. The zero-order valence-electron chi connectivity index (χ0n) is 22.9. The molecule has 0 spiro atoms. The number of rotatable bonds is 1. The third-order valence-electron chi connectivity index (χ3n) is 7.40. The summed E-state index contributed by atoms with van der Waals surface area (Å²) >= 11 is 0. The smallest absolute Gasteiger partial charge is 0.354 e. The molecule has 0 aliphatic carbocycles. The standard InChI is InChI=1S/C30H20F6N8/c1-43-13-11-37-27(43)23-15-3-7-19(39-15)25(29(31,32)33)21-9-5-17(41-21)24(28-38-12-14-44(28)2)18-6-10-22(42-18)26(30(34,35)36)20-8-4-16(23)40-20/h3-14,37,39H,1-2H3. The number of allylic oxidation sites excluding steroid dienone is 10. The number of aryl methyl sites for hydroxylation is 1. The van der Waals surface area contributed by atoms with E-state index in [1.165, 1.54) is 54.8 Å². The number of aromatic nitrogens is 3. The Kier molecular flexibility index (Phi) is 5.96. The van der Waals surface area contributed by atoms with Gasteiger partial charge in [-0.2, -0.15) is 26.3 Å². The number of H-pyrrole nitrogens is 1. The summed E-state index contributed by atoms with van der Waals surface area (Å²) in [5.41, 5.74) is -2.67. The molecule has 0 unspecified atom stereocenters. The summed E-state index contributed by atoms with van der Waals surface area (Å²) in [5, 5.41) is 3.01. The van der Waals surface area contributed by atoms with Crippen molar-refractivity contribution in [2.75, 3.05) is 7.05 Å². The molecule has 222 valence electrons. The van der Waals surface area contributed by atoms with E-state index in [4.69, 9.17) is 0 Å². The Hall–Kier alpha value is -5.40. The Morgan fingerprint density at radius 3 is 1.89 bits per heavy atom. The predicted octanol–water partition coefficient (Wildman–Crippen LogP) is 5.97. The van der Waals surface area contributed by atoms with Crippen LogP contribution >= 0.6 is 0 Å². The number of aromatic amines is 1. The SMILES string of the molecule is CN1C=CNC1=C1C2=NC(=C(C(F)(F)F)C3=NC(=C(c4nccn4C)C4=NC(=C(C(F)(F)F)c5ccc1[nH]5)C=C4)C=C3)C=C2. The first-order chi connectivity index (χ1) is 20.9. The number of halogens is 6. The Morgan fingerprint density at radius 1 is 0.682 bits per heavy atom. The molecule has 0 atom stereocenters. The van der Waals surface area contributed by atoms with Crippen LogP contribution in [0, 0.1) is 0 Å². The second kappa shape index (κ2) is 9.56. The van der Waals surface area contributed by atoms with Crippen LogP contribution in [0.3, 0.4) is 0 Å². The third kappa shape index (κ3) is 4.41. The summed E-state index contributed by atoms with van der Waals surface area (Å²) < 4.78 is 89.6. The molecule has 44 heavy (non-hydrogen) atoms. The lowest BCUT2D eigenvalue weighted by Crippen LogP contribution is -2.20. The largest absolute Gasteiger partial charge is 0.420 e. The summed E-state index contributed by atoms with van der Waals surface area (Å²) in [5.74, 6) is 0.666. The molecule has 0 amide bonds. The van der Waals surface area contributed by atoms with Crippen molar-refractivity contribution in [1.29, 1.82) is 0 Å². The number of imidazole rings is 1. The van der Waals surface area contributed by atoms with Gasteiger partial charge in [-0.05, 0) is 48.6 Å². The fraction of sp³-hybridized carbons (Fsp3) is 0.133. The van der Waals surface area contributed by atoms with Crippen molar-refractivity contribution < 1.29 is 26.3 Å². The van der Waals surface area contributed by atoms with Gasteiger partial charge in [0, 0.05) is 38.9 Å². The van der Waals surface area contributed by atoms with E-state index >= 15 is 0 Å². The zero-order chi connectivity index (χ0) is 31.0. The molecule has 2 aromatic heterocycles.